The molecule has 1 unspecified atom stereocenters. The van der Waals surface area contributed by atoms with Crippen LogP contribution < -0.4 is 15.5 Å². The predicted octanol–water partition coefficient (Wildman–Crippen LogP) is 2.95. The van der Waals surface area contributed by atoms with E-state index in [1.54, 1.807) is 0 Å². The molecule has 0 amide bonds. The molecule has 1 aliphatic rings. The zero-order chi connectivity index (χ0) is 21.1. The predicted molar refractivity (Wildman–Crippen MR) is 124 cm³/mol. The first-order valence-electron chi connectivity index (χ1n) is 10.9. The summed E-state index contributed by atoms with van der Waals surface area (Å²) < 4.78 is 0. The second-order valence-corrected chi connectivity index (χ2v) is 8.18. The van der Waals surface area contributed by atoms with Gasteiger partial charge < -0.3 is 25.5 Å². The SMILES string of the molecule is CCCC(CCO)CNC(=NCc1c(Cl)cccc1N1CCN(C)CC1)NCC. The van der Waals surface area contributed by atoms with Gasteiger partial charge in [0.1, 0.15) is 0 Å². The van der Waals surface area contributed by atoms with E-state index in [0.29, 0.717) is 12.5 Å². The van der Waals surface area contributed by atoms with E-state index in [0.717, 1.165) is 75.1 Å². The van der Waals surface area contributed by atoms with Crippen molar-refractivity contribution in [3.63, 3.8) is 0 Å². The van der Waals surface area contributed by atoms with Crippen molar-refractivity contribution in [2.75, 3.05) is 57.8 Å². The maximum atomic E-state index is 9.29. The number of nitrogens with one attached hydrogen (secondary N) is 2. The van der Waals surface area contributed by atoms with Crippen molar-refractivity contribution < 1.29 is 5.11 Å². The molecule has 7 heteroatoms. The van der Waals surface area contributed by atoms with Crippen LogP contribution >= 0.6 is 11.6 Å². The van der Waals surface area contributed by atoms with Gasteiger partial charge in [0.05, 0.1) is 6.54 Å². The number of aliphatic hydroxyl groups is 1. The lowest BCUT2D eigenvalue weighted by Crippen LogP contribution is -2.44. The standard InChI is InChI=1S/C22H38ClN5O/c1-4-7-18(10-15-29)16-25-22(24-5-2)26-17-19-20(23)8-6-9-21(19)28-13-11-27(3)12-14-28/h6,8-9,18,29H,4-5,7,10-17H2,1-3H3,(H2,24,25,26). The van der Waals surface area contributed by atoms with Crippen LogP contribution in [-0.4, -0.2) is 68.9 Å². The van der Waals surface area contributed by atoms with Crippen LogP contribution in [0.2, 0.25) is 5.02 Å². The Bertz CT molecular complexity index is 626. The highest BCUT2D eigenvalue weighted by Crippen LogP contribution is 2.29. The summed E-state index contributed by atoms with van der Waals surface area (Å²) in [5, 5.41) is 16.8. The number of aliphatic imine (C=N–C) groups is 1. The molecule has 0 spiro atoms. The first-order chi connectivity index (χ1) is 14.1. The molecule has 3 N–H and O–H groups in total. The van der Waals surface area contributed by atoms with Gasteiger partial charge in [0.25, 0.3) is 0 Å². The Morgan fingerprint density at radius 3 is 2.59 bits per heavy atom. The van der Waals surface area contributed by atoms with E-state index in [1.165, 1.54) is 5.69 Å². The van der Waals surface area contributed by atoms with Gasteiger partial charge in [0.2, 0.25) is 0 Å². The van der Waals surface area contributed by atoms with Gasteiger partial charge in [-0.2, -0.15) is 0 Å². The molecule has 0 bridgehead atoms. The summed E-state index contributed by atoms with van der Waals surface area (Å²) in [6, 6.07) is 6.13. The fraction of sp³-hybridized carbons (Fsp3) is 0.682. The second kappa shape index (κ2) is 12.9. The van der Waals surface area contributed by atoms with Crippen molar-refractivity contribution in [1.82, 2.24) is 15.5 Å². The molecular weight excluding hydrogens is 386 g/mol. The molecule has 1 aliphatic heterocycles. The van der Waals surface area contributed by atoms with Crippen LogP contribution in [0, 0.1) is 5.92 Å². The highest BCUT2D eigenvalue weighted by atomic mass is 35.5. The van der Waals surface area contributed by atoms with E-state index in [-0.39, 0.29) is 6.61 Å². The molecule has 0 radical (unpaired) electrons. The number of halogens is 1. The Morgan fingerprint density at radius 1 is 1.17 bits per heavy atom. The number of hydrogen-bond acceptors (Lipinski definition) is 4. The summed E-state index contributed by atoms with van der Waals surface area (Å²) >= 11 is 6.57. The zero-order valence-electron chi connectivity index (χ0n) is 18.3. The van der Waals surface area contributed by atoms with E-state index < -0.39 is 0 Å². The van der Waals surface area contributed by atoms with Crippen molar-refractivity contribution in [2.45, 2.75) is 39.7 Å². The maximum Gasteiger partial charge on any atom is 0.191 e. The smallest absolute Gasteiger partial charge is 0.191 e. The molecule has 6 nitrogen and oxygen atoms in total. The van der Waals surface area contributed by atoms with Crippen LogP contribution in [0.3, 0.4) is 0 Å². The van der Waals surface area contributed by atoms with E-state index in [4.69, 9.17) is 16.6 Å². The minimum atomic E-state index is 0.230. The number of anilines is 1. The van der Waals surface area contributed by atoms with Crippen LogP contribution in [0.25, 0.3) is 0 Å². The van der Waals surface area contributed by atoms with Gasteiger partial charge in [0, 0.05) is 62.1 Å². The highest BCUT2D eigenvalue weighted by molar-refractivity contribution is 6.31. The Balaban J connectivity index is 2.09. The number of rotatable bonds is 10. The highest BCUT2D eigenvalue weighted by Gasteiger charge is 2.18. The monoisotopic (exact) mass is 423 g/mol. The lowest BCUT2D eigenvalue weighted by molar-refractivity contribution is 0.251. The molecule has 29 heavy (non-hydrogen) atoms. The van der Waals surface area contributed by atoms with Gasteiger partial charge in [-0.3, -0.25) is 0 Å². The fourth-order valence-corrected chi connectivity index (χ4v) is 3.96. The molecule has 1 heterocycles. The van der Waals surface area contributed by atoms with Gasteiger partial charge in [-0.15, -0.1) is 0 Å². The number of piperazine rings is 1. The average molecular weight is 424 g/mol. The first-order valence-corrected chi connectivity index (χ1v) is 11.3. The number of aliphatic hydroxyl groups excluding tert-OH is 1. The van der Waals surface area contributed by atoms with Gasteiger partial charge in [-0.05, 0) is 44.9 Å². The van der Waals surface area contributed by atoms with Gasteiger partial charge in [-0.25, -0.2) is 4.99 Å². The molecule has 164 valence electrons. The molecule has 0 saturated carbocycles. The number of likely N-dealkylation sites (N-methyl/N-ethyl adjacent to an activating group) is 1. The topological polar surface area (TPSA) is 63.1 Å². The molecule has 0 aromatic heterocycles. The van der Waals surface area contributed by atoms with Crippen molar-refractivity contribution in [3.05, 3.63) is 28.8 Å². The average Bonchev–Trinajstić information content (AvgIpc) is 2.71. The number of benzene rings is 1. The molecule has 1 aromatic carbocycles. The zero-order valence-corrected chi connectivity index (χ0v) is 19.0. The molecule has 1 atom stereocenters. The third kappa shape index (κ3) is 7.68. The van der Waals surface area contributed by atoms with Crippen LogP contribution in [-0.2, 0) is 6.54 Å². The van der Waals surface area contributed by atoms with Crippen LogP contribution in [0.4, 0.5) is 5.69 Å². The van der Waals surface area contributed by atoms with Gasteiger partial charge >= 0.3 is 0 Å². The lowest BCUT2D eigenvalue weighted by atomic mass is 10.0. The molecular formula is C22H38ClN5O. The minimum absolute atomic E-state index is 0.230. The van der Waals surface area contributed by atoms with Crippen molar-refractivity contribution in [2.24, 2.45) is 10.9 Å². The third-order valence-electron chi connectivity index (χ3n) is 5.47. The maximum absolute atomic E-state index is 9.29. The van der Waals surface area contributed by atoms with Crippen molar-refractivity contribution >= 4 is 23.2 Å². The van der Waals surface area contributed by atoms with E-state index >= 15 is 0 Å². The number of guanidine groups is 1. The molecule has 2 rings (SSSR count). The van der Waals surface area contributed by atoms with Crippen LogP contribution in [0.5, 0.6) is 0 Å². The fourth-order valence-electron chi connectivity index (χ4n) is 3.73. The molecule has 1 aromatic rings. The third-order valence-corrected chi connectivity index (χ3v) is 5.82. The summed E-state index contributed by atoms with van der Waals surface area (Å²) in [5.74, 6) is 1.26. The Hall–Kier alpha value is -1.50. The van der Waals surface area contributed by atoms with Gasteiger partial charge in [0.15, 0.2) is 5.96 Å². The van der Waals surface area contributed by atoms with Crippen LogP contribution in [0.15, 0.2) is 23.2 Å². The first kappa shape index (κ1) is 23.8. The van der Waals surface area contributed by atoms with Crippen molar-refractivity contribution in [3.8, 4) is 0 Å². The Morgan fingerprint density at radius 2 is 1.93 bits per heavy atom. The number of hydrogen-bond donors (Lipinski definition) is 3. The number of nitrogens with zero attached hydrogens (tertiary/aromatic N) is 3. The van der Waals surface area contributed by atoms with Gasteiger partial charge in [-0.1, -0.05) is 31.0 Å². The lowest BCUT2D eigenvalue weighted by Gasteiger charge is -2.35. The Labute approximate surface area is 181 Å². The molecule has 0 aliphatic carbocycles. The van der Waals surface area contributed by atoms with Crippen molar-refractivity contribution in [1.29, 1.82) is 0 Å². The summed E-state index contributed by atoms with van der Waals surface area (Å²) in [7, 11) is 2.16. The summed E-state index contributed by atoms with van der Waals surface area (Å²) in [6.45, 7) is 10.8. The van der Waals surface area contributed by atoms with E-state index in [1.807, 2.05) is 12.1 Å². The molecule has 1 fully saturated rings. The van der Waals surface area contributed by atoms with Crippen LogP contribution in [0.1, 0.15) is 38.7 Å². The van der Waals surface area contributed by atoms with E-state index in [9.17, 15) is 5.11 Å². The molecule has 1 saturated heterocycles. The second-order valence-electron chi connectivity index (χ2n) is 7.77. The summed E-state index contributed by atoms with van der Waals surface area (Å²) in [5.41, 5.74) is 2.27. The minimum Gasteiger partial charge on any atom is -0.396 e. The van der Waals surface area contributed by atoms with E-state index in [2.05, 4.69) is 47.4 Å². The largest absolute Gasteiger partial charge is 0.396 e. The Kier molecular flexibility index (Phi) is 10.6. The normalized spacial score (nSPS) is 16.7. The summed E-state index contributed by atoms with van der Waals surface area (Å²) in [6.07, 6.45) is 3.04. The quantitative estimate of drug-likeness (QED) is 0.399. The summed E-state index contributed by atoms with van der Waals surface area (Å²) in [4.78, 5) is 9.58.